The van der Waals surface area contributed by atoms with Crippen LogP contribution in [0.3, 0.4) is 0 Å². The number of benzene rings is 4. The molecule has 0 spiro atoms. The Morgan fingerprint density at radius 3 is 1.98 bits per heavy atom. The Kier molecular flexibility index (Phi) is 10.5. The Hall–Kier alpha value is -3.85. The minimum absolute atomic E-state index is 0.00851. The molecule has 0 radical (unpaired) electrons. The van der Waals surface area contributed by atoms with E-state index >= 15 is 0 Å². The molecule has 0 aromatic heterocycles. The molecule has 4 aromatic carbocycles. The van der Waals surface area contributed by atoms with Gasteiger partial charge in [-0.15, -0.1) is 0 Å². The normalized spacial score (nSPS) is 11.9. The number of nitrogens with zero attached hydrogens (tertiary/aromatic N) is 2. The predicted octanol–water partition coefficient (Wildman–Crippen LogP) is 6.19. The van der Waals surface area contributed by atoms with E-state index < -0.39 is 28.5 Å². The molecular weight excluding hydrogens is 605 g/mol. The summed E-state index contributed by atoms with van der Waals surface area (Å²) in [6, 6.07) is 26.8. The molecule has 2 amide bonds. The fourth-order valence-corrected chi connectivity index (χ4v) is 6.32. The van der Waals surface area contributed by atoms with Crippen LogP contribution >= 0.6 is 23.2 Å². The number of halogens is 2. The summed E-state index contributed by atoms with van der Waals surface area (Å²) in [6.45, 7) is 3.32. The maximum atomic E-state index is 14.3. The molecule has 224 valence electrons. The lowest BCUT2D eigenvalue weighted by molar-refractivity contribution is -0.139. The van der Waals surface area contributed by atoms with Gasteiger partial charge in [0.1, 0.15) is 12.6 Å². The molecule has 7 nitrogen and oxygen atoms in total. The highest BCUT2D eigenvalue weighted by molar-refractivity contribution is 7.92. The number of rotatable bonds is 11. The van der Waals surface area contributed by atoms with Crippen molar-refractivity contribution >= 4 is 50.7 Å². The Morgan fingerprint density at radius 1 is 0.791 bits per heavy atom. The van der Waals surface area contributed by atoms with E-state index in [1.54, 1.807) is 12.1 Å². The van der Waals surface area contributed by atoms with E-state index in [2.05, 4.69) is 5.32 Å². The minimum Gasteiger partial charge on any atom is -0.357 e. The highest BCUT2D eigenvalue weighted by Gasteiger charge is 2.34. The molecule has 1 atom stereocenters. The summed E-state index contributed by atoms with van der Waals surface area (Å²) in [5, 5.41) is 3.06. The molecular formula is C33H33Cl2N3O4S. The molecule has 0 aliphatic heterocycles. The number of sulfonamides is 1. The van der Waals surface area contributed by atoms with Crippen LogP contribution in [0.15, 0.2) is 102 Å². The van der Waals surface area contributed by atoms with Crippen molar-refractivity contribution in [3.8, 4) is 0 Å². The largest absolute Gasteiger partial charge is 0.357 e. The van der Waals surface area contributed by atoms with Crippen molar-refractivity contribution in [2.45, 2.75) is 37.8 Å². The number of hydrogen-bond acceptors (Lipinski definition) is 4. The molecule has 0 aliphatic rings. The van der Waals surface area contributed by atoms with Gasteiger partial charge in [-0.25, -0.2) is 8.42 Å². The van der Waals surface area contributed by atoms with Crippen LogP contribution in [0.1, 0.15) is 22.3 Å². The SMILES string of the molecule is CNC(=O)[C@H](Cc1ccccc1)N(Cc1ccc(C)cc1)C(=O)CN(c1ccc(Cl)c(Cl)c1)S(=O)(=O)c1ccc(C)cc1. The van der Waals surface area contributed by atoms with Crippen molar-refractivity contribution < 1.29 is 18.0 Å². The van der Waals surface area contributed by atoms with Gasteiger partial charge in [0, 0.05) is 20.0 Å². The van der Waals surface area contributed by atoms with Crippen molar-refractivity contribution in [3.05, 3.63) is 129 Å². The Bertz CT molecular complexity index is 1680. The van der Waals surface area contributed by atoms with E-state index in [1.807, 2.05) is 68.4 Å². The monoisotopic (exact) mass is 637 g/mol. The van der Waals surface area contributed by atoms with Crippen LogP contribution in [0.5, 0.6) is 0 Å². The van der Waals surface area contributed by atoms with Gasteiger partial charge < -0.3 is 10.2 Å². The second-order valence-corrected chi connectivity index (χ2v) is 12.9. The van der Waals surface area contributed by atoms with Gasteiger partial charge in [-0.1, -0.05) is 101 Å². The molecule has 0 aliphatic carbocycles. The second kappa shape index (κ2) is 14.1. The summed E-state index contributed by atoms with van der Waals surface area (Å²) in [4.78, 5) is 29.1. The summed E-state index contributed by atoms with van der Waals surface area (Å²) in [7, 11) is -2.72. The van der Waals surface area contributed by atoms with E-state index in [9.17, 15) is 18.0 Å². The number of anilines is 1. The van der Waals surface area contributed by atoms with Crippen LogP contribution in [-0.2, 0) is 32.6 Å². The molecule has 0 bridgehead atoms. The first kappa shape index (κ1) is 32.1. The van der Waals surface area contributed by atoms with Crippen LogP contribution in [-0.4, -0.2) is 44.8 Å². The maximum absolute atomic E-state index is 14.3. The lowest BCUT2D eigenvalue weighted by atomic mass is 10.0. The summed E-state index contributed by atoms with van der Waals surface area (Å²) in [5.74, 6) is -0.932. The molecule has 0 saturated heterocycles. The lowest BCUT2D eigenvalue weighted by Gasteiger charge is -2.33. The molecule has 0 heterocycles. The average Bonchev–Trinajstić information content (AvgIpc) is 3.00. The average molecular weight is 639 g/mol. The van der Waals surface area contributed by atoms with E-state index in [4.69, 9.17) is 23.2 Å². The number of aryl methyl sites for hydroxylation is 2. The molecule has 0 fully saturated rings. The van der Waals surface area contributed by atoms with Crippen LogP contribution in [0, 0.1) is 13.8 Å². The topological polar surface area (TPSA) is 86.8 Å². The molecule has 0 unspecified atom stereocenters. The zero-order valence-electron chi connectivity index (χ0n) is 24.1. The van der Waals surface area contributed by atoms with Crippen molar-refractivity contribution in [3.63, 3.8) is 0 Å². The summed E-state index contributed by atoms with van der Waals surface area (Å²) >= 11 is 12.4. The van der Waals surface area contributed by atoms with E-state index in [-0.39, 0.29) is 39.5 Å². The second-order valence-electron chi connectivity index (χ2n) is 10.3. The van der Waals surface area contributed by atoms with Crippen molar-refractivity contribution in [1.82, 2.24) is 10.2 Å². The van der Waals surface area contributed by atoms with Gasteiger partial charge in [-0.2, -0.15) is 0 Å². The molecule has 4 aromatic rings. The number of carbonyl (C=O) groups excluding carboxylic acids is 2. The van der Waals surface area contributed by atoms with Gasteiger partial charge in [-0.05, 0) is 55.3 Å². The number of amides is 2. The first-order valence-electron chi connectivity index (χ1n) is 13.6. The smallest absolute Gasteiger partial charge is 0.264 e. The number of carbonyl (C=O) groups is 2. The van der Waals surface area contributed by atoms with Gasteiger partial charge >= 0.3 is 0 Å². The van der Waals surface area contributed by atoms with Gasteiger partial charge in [0.05, 0.1) is 20.6 Å². The third kappa shape index (κ3) is 7.96. The summed E-state index contributed by atoms with van der Waals surface area (Å²) in [5.41, 5.74) is 3.74. The van der Waals surface area contributed by atoms with Gasteiger partial charge in [0.15, 0.2) is 0 Å². The molecule has 4 rings (SSSR count). The van der Waals surface area contributed by atoms with E-state index in [1.165, 1.54) is 42.3 Å². The lowest BCUT2D eigenvalue weighted by Crippen LogP contribution is -2.53. The first-order chi connectivity index (χ1) is 20.5. The molecule has 0 saturated carbocycles. The highest BCUT2D eigenvalue weighted by Crippen LogP contribution is 2.31. The minimum atomic E-state index is -4.23. The van der Waals surface area contributed by atoms with Gasteiger partial charge in [-0.3, -0.25) is 13.9 Å². The number of nitrogens with one attached hydrogen (secondary N) is 1. The first-order valence-corrected chi connectivity index (χ1v) is 15.8. The van der Waals surface area contributed by atoms with Crippen LogP contribution in [0.2, 0.25) is 10.0 Å². The zero-order valence-corrected chi connectivity index (χ0v) is 26.5. The summed E-state index contributed by atoms with van der Waals surface area (Å²) in [6.07, 6.45) is 0.232. The third-order valence-electron chi connectivity index (χ3n) is 7.07. The highest BCUT2D eigenvalue weighted by atomic mass is 35.5. The Balaban J connectivity index is 1.80. The number of hydrogen-bond donors (Lipinski definition) is 1. The summed E-state index contributed by atoms with van der Waals surface area (Å²) < 4.78 is 29.1. The Labute approximate surface area is 263 Å². The quantitative estimate of drug-likeness (QED) is 0.212. The van der Waals surface area contributed by atoms with Crippen LogP contribution in [0.25, 0.3) is 0 Å². The molecule has 10 heteroatoms. The van der Waals surface area contributed by atoms with Crippen LogP contribution in [0.4, 0.5) is 5.69 Å². The fourth-order valence-electron chi connectivity index (χ4n) is 4.62. The fraction of sp³-hybridized carbons (Fsp3) is 0.212. The van der Waals surface area contributed by atoms with Crippen molar-refractivity contribution in [1.29, 1.82) is 0 Å². The molecule has 43 heavy (non-hydrogen) atoms. The molecule has 1 N–H and O–H groups in total. The predicted molar refractivity (Wildman–Crippen MR) is 172 cm³/mol. The van der Waals surface area contributed by atoms with Gasteiger partial charge in [0.2, 0.25) is 11.8 Å². The maximum Gasteiger partial charge on any atom is 0.264 e. The Morgan fingerprint density at radius 2 is 1.40 bits per heavy atom. The van der Waals surface area contributed by atoms with Gasteiger partial charge in [0.25, 0.3) is 10.0 Å². The zero-order chi connectivity index (χ0) is 31.1. The standard InChI is InChI=1S/C33H33Cl2N3O4S/c1-23-9-13-26(14-10-23)21-37(31(33(40)36-3)19-25-7-5-4-6-8-25)32(39)22-38(27-15-18-29(34)30(35)20-27)43(41,42)28-16-11-24(2)12-17-28/h4-18,20,31H,19,21-22H2,1-3H3,(H,36,40)/t31-/m0/s1. The van der Waals surface area contributed by atoms with E-state index in [0.717, 1.165) is 26.6 Å². The van der Waals surface area contributed by atoms with Crippen LogP contribution < -0.4 is 9.62 Å². The van der Waals surface area contributed by atoms with E-state index in [0.29, 0.717) is 0 Å². The van der Waals surface area contributed by atoms with Crippen molar-refractivity contribution in [2.24, 2.45) is 0 Å². The third-order valence-corrected chi connectivity index (χ3v) is 9.60. The van der Waals surface area contributed by atoms with Crippen molar-refractivity contribution in [2.75, 3.05) is 17.9 Å². The number of likely N-dealkylation sites (N-methyl/N-ethyl adjacent to an activating group) is 1.